The minimum absolute atomic E-state index is 0.0404. The Labute approximate surface area is 156 Å². The van der Waals surface area contributed by atoms with Crippen molar-refractivity contribution in [1.82, 2.24) is 10.6 Å². The van der Waals surface area contributed by atoms with E-state index in [0.29, 0.717) is 25.9 Å². The van der Waals surface area contributed by atoms with Gasteiger partial charge in [0.2, 0.25) is 5.91 Å². The number of ether oxygens (including phenoxy) is 1. The minimum atomic E-state index is -0.561. The largest absolute Gasteiger partial charge is 0.445 e. The molecule has 3 N–H and O–H groups in total. The third kappa shape index (κ3) is 8.34. The van der Waals surface area contributed by atoms with Crippen LogP contribution in [0.4, 0.5) is 4.79 Å². The molecule has 1 aromatic carbocycles. The molecular formula is C20H32N2O4. The average molecular weight is 364 g/mol. The highest BCUT2D eigenvalue weighted by atomic mass is 16.5. The maximum Gasteiger partial charge on any atom is 0.407 e. The van der Waals surface area contributed by atoms with Crippen LogP contribution in [0.15, 0.2) is 30.3 Å². The SMILES string of the molecule is CC(C)(CO)CC(C)(C)C(=O)NCCCNC(=O)OCc1ccccc1. The van der Waals surface area contributed by atoms with Gasteiger partial charge in [-0.25, -0.2) is 4.79 Å². The van der Waals surface area contributed by atoms with E-state index in [1.165, 1.54) is 0 Å². The fourth-order valence-corrected chi connectivity index (χ4v) is 2.83. The highest BCUT2D eigenvalue weighted by Gasteiger charge is 2.34. The van der Waals surface area contributed by atoms with Crippen LogP contribution in [-0.2, 0) is 16.1 Å². The molecular weight excluding hydrogens is 332 g/mol. The Morgan fingerprint density at radius 3 is 2.27 bits per heavy atom. The molecule has 0 aliphatic carbocycles. The van der Waals surface area contributed by atoms with E-state index in [1.54, 1.807) is 0 Å². The van der Waals surface area contributed by atoms with Crippen molar-refractivity contribution < 1.29 is 19.4 Å². The van der Waals surface area contributed by atoms with Crippen LogP contribution < -0.4 is 10.6 Å². The molecule has 0 bridgehead atoms. The zero-order chi connectivity index (χ0) is 19.6. The van der Waals surface area contributed by atoms with Crippen molar-refractivity contribution in [2.45, 2.75) is 47.1 Å². The Hall–Kier alpha value is -2.08. The van der Waals surface area contributed by atoms with E-state index in [-0.39, 0.29) is 24.5 Å². The van der Waals surface area contributed by atoms with Gasteiger partial charge in [-0.15, -0.1) is 0 Å². The monoisotopic (exact) mass is 364 g/mol. The van der Waals surface area contributed by atoms with Gasteiger partial charge in [-0.3, -0.25) is 4.79 Å². The molecule has 0 radical (unpaired) electrons. The lowest BCUT2D eigenvalue weighted by molar-refractivity contribution is -0.131. The second kappa shape index (κ2) is 10.2. The number of carbonyl (C=O) groups is 2. The van der Waals surface area contributed by atoms with Crippen LogP contribution in [0.2, 0.25) is 0 Å². The van der Waals surface area contributed by atoms with Crippen molar-refractivity contribution in [3.63, 3.8) is 0 Å². The molecule has 6 nitrogen and oxygen atoms in total. The number of nitrogens with one attached hydrogen (secondary N) is 2. The Kier molecular flexibility index (Phi) is 8.58. The standard InChI is InChI=1S/C20H32N2O4/c1-19(2,15-23)14-20(3,4)17(24)21-11-8-12-22-18(25)26-13-16-9-6-5-7-10-16/h5-7,9-10,23H,8,11-15H2,1-4H3,(H,21,24)(H,22,25). The van der Waals surface area contributed by atoms with Gasteiger partial charge in [-0.1, -0.05) is 58.0 Å². The van der Waals surface area contributed by atoms with Crippen molar-refractivity contribution in [2.24, 2.45) is 10.8 Å². The molecule has 0 aliphatic heterocycles. The maximum atomic E-state index is 12.3. The number of rotatable bonds is 10. The fourth-order valence-electron chi connectivity index (χ4n) is 2.83. The van der Waals surface area contributed by atoms with E-state index in [0.717, 1.165) is 5.56 Å². The van der Waals surface area contributed by atoms with Crippen LogP contribution >= 0.6 is 0 Å². The Bertz CT molecular complexity index is 570. The smallest absolute Gasteiger partial charge is 0.407 e. The molecule has 0 unspecified atom stereocenters. The van der Waals surface area contributed by atoms with Gasteiger partial charge in [0.1, 0.15) is 6.61 Å². The molecule has 1 aromatic rings. The summed E-state index contributed by atoms with van der Waals surface area (Å²) in [7, 11) is 0. The molecule has 0 saturated heterocycles. The summed E-state index contributed by atoms with van der Waals surface area (Å²) in [4.78, 5) is 23.9. The summed E-state index contributed by atoms with van der Waals surface area (Å²) in [6.45, 7) is 8.80. The summed E-state index contributed by atoms with van der Waals surface area (Å²) >= 11 is 0. The summed E-state index contributed by atoms with van der Waals surface area (Å²) in [5.74, 6) is -0.0503. The van der Waals surface area contributed by atoms with Gasteiger partial charge in [0, 0.05) is 25.1 Å². The first kappa shape index (κ1) is 22.0. The quantitative estimate of drug-likeness (QED) is 0.557. The Morgan fingerprint density at radius 1 is 1.04 bits per heavy atom. The third-order valence-electron chi connectivity index (χ3n) is 4.08. The lowest BCUT2D eigenvalue weighted by Gasteiger charge is -2.32. The van der Waals surface area contributed by atoms with Gasteiger partial charge < -0.3 is 20.5 Å². The topological polar surface area (TPSA) is 87.7 Å². The van der Waals surface area contributed by atoms with Gasteiger partial charge in [-0.2, -0.15) is 0 Å². The molecule has 0 saturated carbocycles. The molecule has 1 rings (SSSR count). The Morgan fingerprint density at radius 2 is 1.65 bits per heavy atom. The van der Waals surface area contributed by atoms with Gasteiger partial charge in [0.15, 0.2) is 0 Å². The number of alkyl carbamates (subject to hydrolysis) is 1. The number of hydrogen-bond donors (Lipinski definition) is 3. The van der Waals surface area contributed by atoms with Gasteiger partial charge in [-0.05, 0) is 23.8 Å². The number of hydrogen-bond acceptors (Lipinski definition) is 4. The minimum Gasteiger partial charge on any atom is -0.445 e. The lowest BCUT2D eigenvalue weighted by atomic mass is 9.75. The number of aliphatic hydroxyl groups is 1. The van der Waals surface area contributed by atoms with Crippen molar-refractivity contribution in [1.29, 1.82) is 0 Å². The van der Waals surface area contributed by atoms with E-state index < -0.39 is 11.5 Å². The summed E-state index contributed by atoms with van der Waals surface area (Å²) in [5.41, 5.74) is 0.0714. The van der Waals surface area contributed by atoms with Crippen molar-refractivity contribution >= 4 is 12.0 Å². The van der Waals surface area contributed by atoms with E-state index >= 15 is 0 Å². The first-order valence-corrected chi connectivity index (χ1v) is 9.00. The van der Waals surface area contributed by atoms with Crippen LogP contribution in [-0.4, -0.2) is 36.8 Å². The second-order valence-electron chi connectivity index (χ2n) is 7.98. The number of amides is 2. The molecule has 0 aliphatic rings. The molecule has 0 heterocycles. The highest BCUT2D eigenvalue weighted by molar-refractivity contribution is 5.81. The summed E-state index contributed by atoms with van der Waals surface area (Å²) in [6.07, 6.45) is 0.739. The molecule has 0 aromatic heterocycles. The first-order chi connectivity index (χ1) is 12.2. The van der Waals surface area contributed by atoms with Crippen LogP contribution in [0.1, 0.15) is 46.1 Å². The molecule has 146 valence electrons. The zero-order valence-corrected chi connectivity index (χ0v) is 16.3. The predicted octanol–water partition coefficient (Wildman–Crippen LogP) is 2.85. The fraction of sp³-hybridized carbons (Fsp3) is 0.600. The van der Waals surface area contributed by atoms with Crippen LogP contribution in [0, 0.1) is 10.8 Å². The van der Waals surface area contributed by atoms with E-state index in [2.05, 4.69) is 10.6 Å². The van der Waals surface area contributed by atoms with Gasteiger partial charge >= 0.3 is 6.09 Å². The summed E-state index contributed by atoms with van der Waals surface area (Å²) < 4.78 is 5.12. The predicted molar refractivity (Wildman–Crippen MR) is 102 cm³/mol. The van der Waals surface area contributed by atoms with Crippen LogP contribution in [0.25, 0.3) is 0 Å². The normalized spacial score (nSPS) is 11.7. The van der Waals surface area contributed by atoms with E-state index in [1.807, 2.05) is 58.0 Å². The maximum absolute atomic E-state index is 12.3. The van der Waals surface area contributed by atoms with E-state index in [9.17, 15) is 14.7 Å². The molecule has 0 fully saturated rings. The number of carbonyl (C=O) groups excluding carboxylic acids is 2. The molecule has 26 heavy (non-hydrogen) atoms. The van der Waals surface area contributed by atoms with Crippen LogP contribution in [0.5, 0.6) is 0 Å². The second-order valence-corrected chi connectivity index (χ2v) is 7.98. The molecule has 0 atom stereocenters. The van der Waals surface area contributed by atoms with E-state index in [4.69, 9.17) is 4.74 Å². The number of aliphatic hydroxyl groups excluding tert-OH is 1. The highest BCUT2D eigenvalue weighted by Crippen LogP contribution is 2.33. The zero-order valence-electron chi connectivity index (χ0n) is 16.3. The lowest BCUT2D eigenvalue weighted by Crippen LogP contribution is -2.41. The van der Waals surface area contributed by atoms with Gasteiger partial charge in [0.25, 0.3) is 0 Å². The van der Waals surface area contributed by atoms with Gasteiger partial charge in [0.05, 0.1) is 0 Å². The Balaban J connectivity index is 2.19. The molecule has 6 heteroatoms. The van der Waals surface area contributed by atoms with Crippen LogP contribution in [0.3, 0.4) is 0 Å². The molecule has 0 spiro atoms. The third-order valence-corrected chi connectivity index (χ3v) is 4.08. The molecule has 2 amide bonds. The van der Waals surface area contributed by atoms with Crippen molar-refractivity contribution in [3.8, 4) is 0 Å². The first-order valence-electron chi connectivity index (χ1n) is 9.00. The van der Waals surface area contributed by atoms with Crippen molar-refractivity contribution in [3.05, 3.63) is 35.9 Å². The summed E-state index contributed by atoms with van der Waals surface area (Å²) in [5, 5.41) is 14.9. The number of benzene rings is 1. The average Bonchev–Trinajstić information content (AvgIpc) is 2.59. The van der Waals surface area contributed by atoms with Crippen molar-refractivity contribution in [2.75, 3.05) is 19.7 Å². The summed E-state index contributed by atoms with van der Waals surface area (Å²) in [6, 6.07) is 9.47.